The summed E-state index contributed by atoms with van der Waals surface area (Å²) >= 11 is 0. The summed E-state index contributed by atoms with van der Waals surface area (Å²) in [5, 5.41) is 10.9. The first-order valence-electron chi connectivity index (χ1n) is 9.23. The number of nitro benzene ring substituents is 1. The van der Waals surface area contributed by atoms with Crippen molar-refractivity contribution in [1.29, 1.82) is 0 Å². The molecule has 1 aliphatic rings. The first-order chi connectivity index (χ1) is 13.0. The summed E-state index contributed by atoms with van der Waals surface area (Å²) in [5.41, 5.74) is 0.318. The Balaban J connectivity index is 1.52. The van der Waals surface area contributed by atoms with Gasteiger partial charge in [0.25, 0.3) is 11.6 Å². The van der Waals surface area contributed by atoms with Gasteiger partial charge in [0.05, 0.1) is 4.92 Å². The average Bonchev–Trinajstić information content (AvgIpc) is 3.15. The van der Waals surface area contributed by atoms with Gasteiger partial charge in [0.1, 0.15) is 5.82 Å². The lowest BCUT2D eigenvalue weighted by Crippen LogP contribution is -2.49. The minimum absolute atomic E-state index is 0.0548. The highest BCUT2D eigenvalue weighted by Crippen LogP contribution is 2.16. The molecule has 27 heavy (non-hydrogen) atoms. The fourth-order valence-electron chi connectivity index (χ4n) is 3.37. The van der Waals surface area contributed by atoms with Crippen LogP contribution in [0.3, 0.4) is 0 Å². The maximum atomic E-state index is 12.6. The van der Waals surface area contributed by atoms with Gasteiger partial charge in [-0.15, -0.1) is 0 Å². The number of amides is 1. The molecule has 0 spiro atoms. The number of carbonyl (C=O) groups excluding carboxylic acids is 1. The van der Waals surface area contributed by atoms with Gasteiger partial charge in [-0.3, -0.25) is 19.8 Å². The van der Waals surface area contributed by atoms with Gasteiger partial charge in [0.2, 0.25) is 0 Å². The molecule has 0 aliphatic carbocycles. The molecule has 0 N–H and O–H groups in total. The monoisotopic (exact) mass is 371 g/mol. The van der Waals surface area contributed by atoms with Gasteiger partial charge in [-0.05, 0) is 6.07 Å². The van der Waals surface area contributed by atoms with E-state index >= 15 is 0 Å². The Bertz CT molecular complexity index is 809. The zero-order valence-corrected chi connectivity index (χ0v) is 15.7. The van der Waals surface area contributed by atoms with Crippen molar-refractivity contribution in [3.8, 4) is 0 Å². The van der Waals surface area contributed by atoms with E-state index in [0.29, 0.717) is 24.6 Å². The third-order valence-corrected chi connectivity index (χ3v) is 4.88. The summed E-state index contributed by atoms with van der Waals surface area (Å²) < 4.78 is 2.19. The first kappa shape index (κ1) is 19.0. The molecule has 2 aromatic rings. The second-order valence-electron chi connectivity index (χ2n) is 7.07. The number of nitro groups is 1. The molecule has 1 aliphatic heterocycles. The molecule has 0 bridgehead atoms. The Kier molecular flexibility index (Phi) is 5.85. The molecule has 1 saturated heterocycles. The second kappa shape index (κ2) is 8.30. The predicted molar refractivity (Wildman–Crippen MR) is 102 cm³/mol. The highest BCUT2D eigenvalue weighted by atomic mass is 16.6. The van der Waals surface area contributed by atoms with Crippen LogP contribution in [0, 0.1) is 10.1 Å². The van der Waals surface area contributed by atoms with Crippen LogP contribution in [0.2, 0.25) is 0 Å². The Morgan fingerprint density at radius 1 is 1.22 bits per heavy atom. The van der Waals surface area contributed by atoms with Gasteiger partial charge >= 0.3 is 0 Å². The van der Waals surface area contributed by atoms with Crippen LogP contribution in [0.4, 0.5) is 5.69 Å². The van der Waals surface area contributed by atoms with Crippen LogP contribution in [0.1, 0.15) is 35.9 Å². The van der Waals surface area contributed by atoms with Gasteiger partial charge < -0.3 is 9.47 Å². The fraction of sp³-hybridized carbons (Fsp3) is 0.474. The summed E-state index contributed by atoms with van der Waals surface area (Å²) in [5.74, 6) is 1.34. The Hall–Kier alpha value is -2.74. The lowest BCUT2D eigenvalue weighted by Gasteiger charge is -2.35. The highest BCUT2D eigenvalue weighted by molar-refractivity contribution is 5.94. The van der Waals surface area contributed by atoms with E-state index in [2.05, 4.69) is 28.3 Å². The summed E-state index contributed by atoms with van der Waals surface area (Å²) in [6, 6.07) is 5.94. The van der Waals surface area contributed by atoms with Gasteiger partial charge in [0.15, 0.2) is 0 Å². The number of benzene rings is 1. The van der Waals surface area contributed by atoms with E-state index in [4.69, 9.17) is 0 Å². The lowest BCUT2D eigenvalue weighted by molar-refractivity contribution is -0.384. The standard InChI is InChI=1S/C19H25N5O3/c1-15(2)18-20-6-7-22(18)11-8-21-9-12-23(13-10-21)19(25)16-4-3-5-17(14-16)24(26)27/h3-7,14-15H,8-13H2,1-2H3. The molecule has 0 radical (unpaired) electrons. The van der Waals surface area contributed by atoms with Crippen LogP contribution < -0.4 is 0 Å². The molecule has 8 heteroatoms. The minimum Gasteiger partial charge on any atom is -0.336 e. The lowest BCUT2D eigenvalue weighted by atomic mass is 10.1. The summed E-state index contributed by atoms with van der Waals surface area (Å²) in [6.07, 6.45) is 3.85. The third kappa shape index (κ3) is 4.51. The molecule has 0 unspecified atom stereocenters. The van der Waals surface area contributed by atoms with E-state index in [1.807, 2.05) is 12.4 Å². The van der Waals surface area contributed by atoms with Crippen molar-refractivity contribution >= 4 is 11.6 Å². The van der Waals surface area contributed by atoms with Crippen molar-refractivity contribution in [2.24, 2.45) is 0 Å². The largest absolute Gasteiger partial charge is 0.336 e. The van der Waals surface area contributed by atoms with E-state index in [-0.39, 0.29) is 11.6 Å². The molecule has 8 nitrogen and oxygen atoms in total. The van der Waals surface area contributed by atoms with Crippen molar-refractivity contribution in [3.05, 3.63) is 58.2 Å². The summed E-state index contributed by atoms with van der Waals surface area (Å²) in [6.45, 7) is 8.92. The topological polar surface area (TPSA) is 84.5 Å². The minimum atomic E-state index is -0.476. The zero-order valence-electron chi connectivity index (χ0n) is 15.7. The SMILES string of the molecule is CC(C)c1nccn1CCN1CCN(C(=O)c2cccc([N+](=O)[O-])c2)CC1. The molecule has 0 saturated carbocycles. The molecule has 1 aromatic heterocycles. The molecule has 1 aromatic carbocycles. The fourth-order valence-corrected chi connectivity index (χ4v) is 3.37. The van der Waals surface area contributed by atoms with Crippen LogP contribution in [0.5, 0.6) is 0 Å². The second-order valence-corrected chi connectivity index (χ2v) is 7.07. The Morgan fingerprint density at radius 2 is 1.96 bits per heavy atom. The molecule has 1 fully saturated rings. The van der Waals surface area contributed by atoms with Crippen molar-refractivity contribution in [2.75, 3.05) is 32.7 Å². The van der Waals surface area contributed by atoms with Crippen LogP contribution in [0.25, 0.3) is 0 Å². The maximum absolute atomic E-state index is 12.6. The molecule has 3 rings (SSSR count). The number of non-ortho nitro benzene ring substituents is 1. The van der Waals surface area contributed by atoms with E-state index in [9.17, 15) is 14.9 Å². The van der Waals surface area contributed by atoms with Crippen molar-refractivity contribution in [2.45, 2.75) is 26.3 Å². The summed E-state index contributed by atoms with van der Waals surface area (Å²) in [4.78, 5) is 31.6. The Labute approximate surface area is 158 Å². The number of hydrogen-bond acceptors (Lipinski definition) is 5. The van der Waals surface area contributed by atoms with Crippen LogP contribution in [0.15, 0.2) is 36.7 Å². The normalized spacial score (nSPS) is 15.3. The third-order valence-electron chi connectivity index (χ3n) is 4.88. The molecular weight excluding hydrogens is 346 g/mol. The molecule has 1 amide bonds. The summed E-state index contributed by atoms with van der Waals surface area (Å²) in [7, 11) is 0. The van der Waals surface area contributed by atoms with E-state index < -0.39 is 4.92 Å². The number of carbonyl (C=O) groups is 1. The van der Waals surface area contributed by atoms with Gasteiger partial charge in [-0.1, -0.05) is 19.9 Å². The smallest absolute Gasteiger partial charge is 0.270 e. The Morgan fingerprint density at radius 3 is 2.63 bits per heavy atom. The average molecular weight is 371 g/mol. The van der Waals surface area contributed by atoms with Gasteiger partial charge in [-0.25, -0.2) is 4.98 Å². The number of imidazole rings is 1. The number of aromatic nitrogens is 2. The predicted octanol–water partition coefficient (Wildman–Crippen LogP) is 2.37. The van der Waals surface area contributed by atoms with E-state index in [1.165, 1.54) is 12.1 Å². The number of hydrogen-bond donors (Lipinski definition) is 0. The zero-order chi connectivity index (χ0) is 19.4. The number of rotatable bonds is 6. The highest BCUT2D eigenvalue weighted by Gasteiger charge is 2.23. The molecule has 2 heterocycles. The van der Waals surface area contributed by atoms with Crippen LogP contribution in [-0.4, -0.2) is 62.9 Å². The number of nitrogens with zero attached hydrogens (tertiary/aromatic N) is 5. The molecular formula is C19H25N5O3. The van der Waals surface area contributed by atoms with Crippen molar-refractivity contribution < 1.29 is 9.72 Å². The van der Waals surface area contributed by atoms with Crippen LogP contribution in [-0.2, 0) is 6.54 Å². The molecule has 144 valence electrons. The first-order valence-corrected chi connectivity index (χ1v) is 9.23. The molecule has 0 atom stereocenters. The van der Waals surface area contributed by atoms with Gasteiger partial charge in [0, 0.05) is 75.3 Å². The van der Waals surface area contributed by atoms with E-state index in [1.54, 1.807) is 17.0 Å². The van der Waals surface area contributed by atoms with E-state index in [0.717, 1.165) is 32.0 Å². The van der Waals surface area contributed by atoms with Crippen molar-refractivity contribution in [3.63, 3.8) is 0 Å². The maximum Gasteiger partial charge on any atom is 0.270 e. The number of piperazine rings is 1. The van der Waals surface area contributed by atoms with Crippen molar-refractivity contribution in [1.82, 2.24) is 19.4 Å². The van der Waals surface area contributed by atoms with Crippen LogP contribution >= 0.6 is 0 Å². The quantitative estimate of drug-likeness (QED) is 0.575. The van der Waals surface area contributed by atoms with Gasteiger partial charge in [-0.2, -0.15) is 0 Å².